The molecule has 28 heavy (non-hydrogen) atoms. The lowest BCUT2D eigenvalue weighted by atomic mass is 9.81. The number of halogens is 1. The topological polar surface area (TPSA) is 95.6 Å². The third kappa shape index (κ3) is 4.60. The molecule has 2 unspecified atom stereocenters. The van der Waals surface area contributed by atoms with Crippen LogP contribution in [0, 0.1) is 18.8 Å². The molecule has 1 heterocycles. The Hall–Kier alpha value is -2.22. The first kappa shape index (κ1) is 20.5. The minimum Gasteiger partial charge on any atom is -0.354 e. The number of carbonyl (C=O) groups excluding carboxylic acids is 4. The van der Waals surface area contributed by atoms with Gasteiger partial charge in [-0.1, -0.05) is 34.8 Å². The Morgan fingerprint density at radius 3 is 2.39 bits per heavy atom. The molecule has 1 aromatic rings. The molecule has 1 saturated heterocycles. The molecule has 2 aliphatic rings. The van der Waals surface area contributed by atoms with Crippen LogP contribution < -0.4 is 10.6 Å². The maximum absolute atomic E-state index is 12.4. The van der Waals surface area contributed by atoms with Crippen LogP contribution in [0.25, 0.3) is 0 Å². The number of rotatable bonds is 6. The van der Waals surface area contributed by atoms with Gasteiger partial charge in [-0.05, 0) is 37.5 Å². The van der Waals surface area contributed by atoms with E-state index in [9.17, 15) is 19.2 Å². The largest absolute Gasteiger partial charge is 0.354 e. The van der Waals surface area contributed by atoms with Gasteiger partial charge in [-0.15, -0.1) is 0 Å². The van der Waals surface area contributed by atoms with E-state index in [1.165, 1.54) is 0 Å². The highest BCUT2D eigenvalue weighted by atomic mass is 79.9. The van der Waals surface area contributed by atoms with Crippen molar-refractivity contribution in [3.8, 4) is 0 Å². The second kappa shape index (κ2) is 8.86. The van der Waals surface area contributed by atoms with Gasteiger partial charge in [0.25, 0.3) is 0 Å². The van der Waals surface area contributed by atoms with Crippen LogP contribution in [0.3, 0.4) is 0 Å². The predicted octanol–water partition coefficient (Wildman–Crippen LogP) is 2.38. The molecule has 4 amide bonds. The van der Waals surface area contributed by atoms with Crippen molar-refractivity contribution in [1.82, 2.24) is 10.2 Å². The maximum Gasteiger partial charge on any atom is 0.240 e. The Morgan fingerprint density at radius 1 is 1.11 bits per heavy atom. The van der Waals surface area contributed by atoms with Crippen LogP contribution in [0.4, 0.5) is 5.69 Å². The van der Waals surface area contributed by atoms with Gasteiger partial charge in [-0.2, -0.15) is 0 Å². The van der Waals surface area contributed by atoms with Gasteiger partial charge in [0.05, 0.1) is 11.8 Å². The van der Waals surface area contributed by atoms with E-state index in [0.717, 1.165) is 40.6 Å². The van der Waals surface area contributed by atoms with Gasteiger partial charge in [0.1, 0.15) is 6.54 Å². The van der Waals surface area contributed by atoms with E-state index in [1.807, 2.05) is 25.1 Å². The minimum absolute atomic E-state index is 0.102. The fourth-order valence-electron chi connectivity index (χ4n) is 3.84. The van der Waals surface area contributed by atoms with Crippen molar-refractivity contribution >= 4 is 45.2 Å². The van der Waals surface area contributed by atoms with Crippen molar-refractivity contribution in [3.63, 3.8) is 0 Å². The number of aryl methyl sites for hydroxylation is 1. The van der Waals surface area contributed by atoms with Gasteiger partial charge >= 0.3 is 0 Å². The number of likely N-dealkylation sites (tertiary alicyclic amines) is 1. The zero-order chi connectivity index (χ0) is 20.3. The first-order valence-electron chi connectivity index (χ1n) is 9.54. The summed E-state index contributed by atoms with van der Waals surface area (Å²) in [4.78, 5) is 50.1. The summed E-state index contributed by atoms with van der Waals surface area (Å²) in [6.45, 7) is 1.77. The Morgan fingerprint density at radius 2 is 1.75 bits per heavy atom. The average molecular weight is 450 g/mol. The highest BCUT2D eigenvalue weighted by Crippen LogP contribution is 2.37. The smallest absolute Gasteiger partial charge is 0.240 e. The highest BCUT2D eigenvalue weighted by molar-refractivity contribution is 9.10. The van der Waals surface area contributed by atoms with Crippen LogP contribution in [0.5, 0.6) is 0 Å². The van der Waals surface area contributed by atoms with Crippen molar-refractivity contribution < 1.29 is 19.2 Å². The zero-order valence-corrected chi connectivity index (χ0v) is 17.4. The number of amides is 4. The standard InChI is InChI=1S/C20H24BrN3O4/c1-12-6-7-13(21)10-16(12)23-17(25)8-9-22-18(26)11-24-19(27)14-4-2-3-5-15(14)20(24)28/h6-7,10,14-15H,2-5,8-9,11H2,1H3,(H,22,26)(H,23,25). The molecular weight excluding hydrogens is 426 g/mol. The second-order valence-corrected chi connectivity index (χ2v) is 8.28. The van der Waals surface area contributed by atoms with Crippen LogP contribution in [0.2, 0.25) is 0 Å². The summed E-state index contributed by atoms with van der Waals surface area (Å²) in [6.07, 6.45) is 3.45. The molecule has 3 rings (SSSR count). The SMILES string of the molecule is Cc1ccc(Br)cc1NC(=O)CCNC(=O)CN1C(=O)C2CCCCC2C1=O. The average Bonchev–Trinajstić information content (AvgIpc) is 2.90. The normalized spacial score (nSPS) is 21.4. The van der Waals surface area contributed by atoms with Gasteiger partial charge in [-0.3, -0.25) is 24.1 Å². The summed E-state index contributed by atoms with van der Waals surface area (Å²) in [5.74, 6) is -1.62. The molecule has 8 heteroatoms. The molecule has 1 aromatic carbocycles. The molecule has 1 aliphatic carbocycles. The lowest BCUT2D eigenvalue weighted by molar-refractivity contribution is -0.143. The van der Waals surface area contributed by atoms with Gasteiger partial charge in [0.2, 0.25) is 23.6 Å². The fraction of sp³-hybridized carbons (Fsp3) is 0.500. The Kier molecular flexibility index (Phi) is 6.49. The van der Waals surface area contributed by atoms with E-state index in [-0.39, 0.29) is 49.1 Å². The van der Waals surface area contributed by atoms with E-state index in [1.54, 1.807) is 0 Å². The Bertz CT molecular complexity index is 787. The number of hydrogen-bond acceptors (Lipinski definition) is 4. The summed E-state index contributed by atoms with van der Waals surface area (Å²) < 4.78 is 0.863. The summed E-state index contributed by atoms with van der Waals surface area (Å²) >= 11 is 3.36. The number of benzene rings is 1. The maximum atomic E-state index is 12.4. The molecule has 0 spiro atoms. The van der Waals surface area contributed by atoms with Gasteiger partial charge < -0.3 is 10.6 Å². The third-order valence-corrected chi connectivity index (χ3v) is 5.88. The van der Waals surface area contributed by atoms with Crippen LogP contribution in [0.15, 0.2) is 22.7 Å². The molecule has 2 N–H and O–H groups in total. The van der Waals surface area contributed by atoms with Gasteiger partial charge in [-0.25, -0.2) is 0 Å². The molecular formula is C20H24BrN3O4. The molecule has 0 bridgehead atoms. The van der Waals surface area contributed by atoms with Crippen LogP contribution in [0.1, 0.15) is 37.7 Å². The monoisotopic (exact) mass is 449 g/mol. The number of fused-ring (bicyclic) bond motifs is 1. The predicted molar refractivity (Wildman–Crippen MR) is 107 cm³/mol. The third-order valence-electron chi connectivity index (χ3n) is 5.38. The molecule has 1 saturated carbocycles. The number of hydrogen-bond donors (Lipinski definition) is 2. The molecule has 0 radical (unpaired) electrons. The van der Waals surface area contributed by atoms with E-state index in [0.29, 0.717) is 5.69 Å². The van der Waals surface area contributed by atoms with Crippen molar-refractivity contribution in [2.45, 2.75) is 39.0 Å². The zero-order valence-electron chi connectivity index (χ0n) is 15.8. The molecule has 2 atom stereocenters. The fourth-order valence-corrected chi connectivity index (χ4v) is 4.20. The van der Waals surface area contributed by atoms with Crippen molar-refractivity contribution in [1.29, 1.82) is 0 Å². The second-order valence-electron chi connectivity index (χ2n) is 7.37. The van der Waals surface area contributed by atoms with Crippen molar-refractivity contribution in [2.24, 2.45) is 11.8 Å². The number of anilines is 1. The first-order chi connectivity index (χ1) is 13.4. The number of nitrogens with zero attached hydrogens (tertiary/aromatic N) is 1. The number of imide groups is 1. The van der Waals surface area contributed by atoms with Crippen molar-refractivity contribution in [3.05, 3.63) is 28.2 Å². The first-order valence-corrected chi connectivity index (χ1v) is 10.3. The highest BCUT2D eigenvalue weighted by Gasteiger charge is 2.48. The van der Waals surface area contributed by atoms with E-state index in [2.05, 4.69) is 26.6 Å². The van der Waals surface area contributed by atoms with E-state index < -0.39 is 5.91 Å². The number of nitrogens with one attached hydrogen (secondary N) is 2. The number of carbonyl (C=O) groups is 4. The molecule has 7 nitrogen and oxygen atoms in total. The van der Waals surface area contributed by atoms with Gasteiger partial charge in [0.15, 0.2) is 0 Å². The minimum atomic E-state index is -0.424. The van der Waals surface area contributed by atoms with Gasteiger partial charge in [0, 0.05) is 23.1 Å². The summed E-state index contributed by atoms with van der Waals surface area (Å²) in [7, 11) is 0. The Balaban J connectivity index is 1.44. The van der Waals surface area contributed by atoms with Crippen LogP contribution in [-0.4, -0.2) is 41.6 Å². The Labute approximate surface area is 172 Å². The molecule has 0 aromatic heterocycles. The molecule has 2 fully saturated rings. The summed E-state index contributed by atoms with van der Waals surface area (Å²) in [5, 5.41) is 5.43. The van der Waals surface area contributed by atoms with E-state index >= 15 is 0 Å². The lowest BCUT2D eigenvalue weighted by Crippen LogP contribution is -2.41. The summed E-state index contributed by atoms with van der Waals surface area (Å²) in [6, 6.07) is 5.60. The molecule has 150 valence electrons. The summed E-state index contributed by atoms with van der Waals surface area (Å²) in [5.41, 5.74) is 1.65. The van der Waals surface area contributed by atoms with Crippen molar-refractivity contribution in [2.75, 3.05) is 18.4 Å². The van der Waals surface area contributed by atoms with Crippen LogP contribution in [-0.2, 0) is 19.2 Å². The lowest BCUT2D eigenvalue weighted by Gasteiger charge is -2.19. The van der Waals surface area contributed by atoms with E-state index in [4.69, 9.17) is 0 Å². The molecule has 1 aliphatic heterocycles. The van der Waals surface area contributed by atoms with Crippen LogP contribution >= 0.6 is 15.9 Å². The quantitative estimate of drug-likeness (QED) is 0.651.